The summed E-state index contributed by atoms with van der Waals surface area (Å²) in [6.07, 6.45) is 2.17. The van der Waals surface area contributed by atoms with Crippen molar-refractivity contribution in [2.45, 2.75) is 19.8 Å². The number of aliphatic hydroxyl groups is 1. The fraction of sp³-hybridized carbons (Fsp3) is 0.667. The average Bonchev–Trinajstić information content (AvgIpc) is 2.91. The molecule has 2 aliphatic rings. The van der Waals surface area contributed by atoms with Gasteiger partial charge in [-0.3, -0.25) is 9.47 Å². The molecular weight excluding hydrogens is 280 g/mol. The van der Waals surface area contributed by atoms with E-state index in [9.17, 15) is 5.11 Å². The van der Waals surface area contributed by atoms with E-state index in [1.807, 2.05) is 14.0 Å². The first-order valence-corrected chi connectivity index (χ1v) is 7.86. The Kier molecular flexibility index (Phi) is 4.49. The van der Waals surface area contributed by atoms with E-state index in [-0.39, 0.29) is 12.9 Å². The second kappa shape index (κ2) is 6.37. The first kappa shape index (κ1) is 15.5. The summed E-state index contributed by atoms with van der Waals surface area (Å²) < 4.78 is 2.16. The van der Waals surface area contributed by atoms with Crippen LogP contribution in [-0.2, 0) is 6.54 Å². The second-order valence-electron chi connectivity index (χ2n) is 6.11. The monoisotopic (exact) mass is 306 g/mol. The highest BCUT2D eigenvalue weighted by atomic mass is 16.3. The van der Waals surface area contributed by atoms with Crippen LogP contribution in [0, 0.1) is 0 Å². The summed E-state index contributed by atoms with van der Waals surface area (Å²) in [5.41, 5.74) is 2.90. The van der Waals surface area contributed by atoms with Crippen molar-refractivity contribution in [3.05, 3.63) is 23.4 Å². The first-order valence-electron chi connectivity index (χ1n) is 7.86. The SMILES string of the molecule is CNCc1cn2c(n1)C(CO)=C(C)NC2N1CCN(C)CC1. The van der Waals surface area contributed by atoms with Gasteiger partial charge in [-0.05, 0) is 21.0 Å². The number of rotatable bonds is 4. The van der Waals surface area contributed by atoms with Crippen LogP contribution in [0.25, 0.3) is 5.57 Å². The van der Waals surface area contributed by atoms with Gasteiger partial charge in [0.2, 0.25) is 0 Å². The number of imidazole rings is 1. The molecule has 0 aromatic carbocycles. The van der Waals surface area contributed by atoms with E-state index in [0.29, 0.717) is 0 Å². The molecule has 1 aromatic heterocycles. The molecule has 2 aliphatic heterocycles. The van der Waals surface area contributed by atoms with Gasteiger partial charge in [0, 0.05) is 50.2 Å². The van der Waals surface area contributed by atoms with Gasteiger partial charge in [0.25, 0.3) is 0 Å². The summed E-state index contributed by atoms with van der Waals surface area (Å²) in [5.74, 6) is 0.882. The minimum absolute atomic E-state index is 0.00426. The van der Waals surface area contributed by atoms with Crippen LogP contribution in [0.15, 0.2) is 11.9 Å². The predicted octanol–water partition coefficient (Wildman–Crippen LogP) is -0.367. The van der Waals surface area contributed by atoms with Gasteiger partial charge < -0.3 is 20.6 Å². The van der Waals surface area contributed by atoms with E-state index in [0.717, 1.165) is 55.5 Å². The van der Waals surface area contributed by atoms with Gasteiger partial charge in [0.05, 0.1) is 12.3 Å². The lowest BCUT2D eigenvalue weighted by Crippen LogP contribution is -2.52. The largest absolute Gasteiger partial charge is 0.391 e. The van der Waals surface area contributed by atoms with Crippen molar-refractivity contribution in [1.82, 2.24) is 30.0 Å². The molecule has 0 amide bonds. The third-order valence-electron chi connectivity index (χ3n) is 4.51. The number of aliphatic hydroxyl groups excluding tert-OH is 1. The molecule has 1 fully saturated rings. The van der Waals surface area contributed by atoms with E-state index in [1.54, 1.807) is 0 Å². The van der Waals surface area contributed by atoms with Crippen LogP contribution < -0.4 is 10.6 Å². The van der Waals surface area contributed by atoms with Crippen molar-refractivity contribution in [1.29, 1.82) is 0 Å². The molecule has 1 saturated heterocycles. The zero-order valence-corrected chi connectivity index (χ0v) is 13.6. The van der Waals surface area contributed by atoms with Crippen LogP contribution in [0.1, 0.15) is 24.7 Å². The molecule has 122 valence electrons. The molecule has 1 unspecified atom stereocenters. The van der Waals surface area contributed by atoms with Gasteiger partial charge in [0.15, 0.2) is 6.29 Å². The molecule has 0 radical (unpaired) electrons. The number of aromatic nitrogens is 2. The quantitative estimate of drug-likeness (QED) is 0.705. The zero-order valence-electron chi connectivity index (χ0n) is 13.6. The van der Waals surface area contributed by atoms with Gasteiger partial charge in [0.1, 0.15) is 5.82 Å². The maximum atomic E-state index is 9.69. The van der Waals surface area contributed by atoms with Gasteiger partial charge in [-0.1, -0.05) is 0 Å². The van der Waals surface area contributed by atoms with E-state index < -0.39 is 0 Å². The Labute approximate surface area is 131 Å². The van der Waals surface area contributed by atoms with E-state index in [4.69, 9.17) is 4.98 Å². The number of hydrogen-bond donors (Lipinski definition) is 3. The van der Waals surface area contributed by atoms with Crippen molar-refractivity contribution in [3.63, 3.8) is 0 Å². The highest BCUT2D eigenvalue weighted by Gasteiger charge is 2.31. The number of hydrogen-bond acceptors (Lipinski definition) is 6. The van der Waals surface area contributed by atoms with Crippen molar-refractivity contribution in [2.24, 2.45) is 0 Å². The molecule has 1 aromatic rings. The van der Waals surface area contributed by atoms with Crippen molar-refractivity contribution in [3.8, 4) is 0 Å². The topological polar surface area (TPSA) is 68.6 Å². The number of nitrogens with zero attached hydrogens (tertiary/aromatic N) is 4. The predicted molar refractivity (Wildman–Crippen MR) is 85.9 cm³/mol. The summed E-state index contributed by atoms with van der Waals surface area (Å²) in [4.78, 5) is 9.49. The first-order chi connectivity index (χ1) is 10.6. The maximum absolute atomic E-state index is 9.69. The number of fused-ring (bicyclic) bond motifs is 1. The van der Waals surface area contributed by atoms with Gasteiger partial charge in [-0.25, -0.2) is 4.98 Å². The van der Waals surface area contributed by atoms with Gasteiger partial charge in [-0.15, -0.1) is 0 Å². The number of likely N-dealkylation sites (N-methyl/N-ethyl adjacent to an activating group) is 1. The molecule has 22 heavy (non-hydrogen) atoms. The summed E-state index contributed by atoms with van der Waals surface area (Å²) in [6, 6.07) is 0. The Balaban J connectivity index is 1.92. The van der Waals surface area contributed by atoms with Crippen molar-refractivity contribution >= 4 is 5.57 Å². The standard InChI is InChI=1S/C15H26N6O/c1-11-13(10-22)14-18-12(8-16-2)9-21(14)15(17-11)20-6-4-19(3)5-7-20/h9,15-17,22H,4-8,10H2,1-3H3. The molecule has 0 aliphatic carbocycles. The van der Waals surface area contributed by atoms with Crippen molar-refractivity contribution < 1.29 is 5.11 Å². The molecule has 7 heteroatoms. The van der Waals surface area contributed by atoms with Gasteiger partial charge >= 0.3 is 0 Å². The Morgan fingerprint density at radius 2 is 2.09 bits per heavy atom. The number of nitrogens with one attached hydrogen (secondary N) is 2. The molecule has 1 atom stereocenters. The summed E-state index contributed by atoms with van der Waals surface area (Å²) in [6.45, 7) is 6.94. The number of piperazine rings is 1. The smallest absolute Gasteiger partial charge is 0.163 e. The van der Waals surface area contributed by atoms with E-state index in [2.05, 4.69) is 38.2 Å². The van der Waals surface area contributed by atoms with Crippen LogP contribution in [0.4, 0.5) is 0 Å². The molecule has 3 rings (SSSR count). The van der Waals surface area contributed by atoms with Crippen LogP contribution >= 0.6 is 0 Å². The lowest BCUT2D eigenvalue weighted by atomic mass is 10.1. The van der Waals surface area contributed by atoms with E-state index >= 15 is 0 Å². The number of allylic oxidation sites excluding steroid dienone is 1. The van der Waals surface area contributed by atoms with Crippen LogP contribution in [0.2, 0.25) is 0 Å². The summed E-state index contributed by atoms with van der Waals surface area (Å²) >= 11 is 0. The minimum atomic E-state index is 0.00426. The lowest BCUT2D eigenvalue weighted by molar-refractivity contribution is 0.0588. The third kappa shape index (κ3) is 2.77. The van der Waals surface area contributed by atoms with Gasteiger partial charge in [-0.2, -0.15) is 0 Å². The summed E-state index contributed by atoms with van der Waals surface area (Å²) in [7, 11) is 4.08. The van der Waals surface area contributed by atoms with Crippen molar-refractivity contribution in [2.75, 3.05) is 46.9 Å². The van der Waals surface area contributed by atoms with E-state index in [1.165, 1.54) is 0 Å². The highest BCUT2D eigenvalue weighted by Crippen LogP contribution is 2.28. The summed E-state index contributed by atoms with van der Waals surface area (Å²) in [5, 5.41) is 16.4. The maximum Gasteiger partial charge on any atom is 0.163 e. The lowest BCUT2D eigenvalue weighted by Gasteiger charge is -2.41. The molecule has 3 N–H and O–H groups in total. The fourth-order valence-electron chi connectivity index (χ4n) is 3.16. The minimum Gasteiger partial charge on any atom is -0.391 e. The highest BCUT2D eigenvalue weighted by molar-refractivity contribution is 5.65. The molecule has 7 nitrogen and oxygen atoms in total. The molecule has 0 spiro atoms. The van der Waals surface area contributed by atoms with Crippen LogP contribution in [0.3, 0.4) is 0 Å². The third-order valence-corrected chi connectivity index (χ3v) is 4.51. The second-order valence-corrected chi connectivity index (χ2v) is 6.11. The molecular formula is C15H26N6O. The van der Waals surface area contributed by atoms with Crippen LogP contribution in [0.5, 0.6) is 0 Å². The average molecular weight is 306 g/mol. The molecule has 0 bridgehead atoms. The Bertz CT molecular complexity index is 558. The normalized spacial score (nSPS) is 23.5. The Morgan fingerprint density at radius 3 is 2.73 bits per heavy atom. The molecule has 0 saturated carbocycles. The zero-order chi connectivity index (χ0) is 15.7. The van der Waals surface area contributed by atoms with Crippen LogP contribution in [-0.4, -0.2) is 71.3 Å². The molecule has 3 heterocycles. The Hall–Kier alpha value is -1.41. The Morgan fingerprint density at radius 1 is 1.36 bits per heavy atom. The fourth-order valence-corrected chi connectivity index (χ4v) is 3.16.